The van der Waals surface area contributed by atoms with Crippen LogP contribution >= 0.6 is 0 Å². The van der Waals surface area contributed by atoms with Crippen molar-refractivity contribution in [3.63, 3.8) is 0 Å². The summed E-state index contributed by atoms with van der Waals surface area (Å²) in [6.45, 7) is 9.66. The molecule has 2 amide bonds. The van der Waals surface area contributed by atoms with Crippen LogP contribution in [0.1, 0.15) is 18.1 Å². The Labute approximate surface area is 155 Å². The van der Waals surface area contributed by atoms with Crippen LogP contribution in [0.3, 0.4) is 0 Å². The van der Waals surface area contributed by atoms with Crippen LogP contribution in [0.25, 0.3) is 0 Å². The molecular formula is C21H27N3O2. The first-order valence-corrected chi connectivity index (χ1v) is 9.18. The summed E-state index contributed by atoms with van der Waals surface area (Å²) >= 11 is 0. The highest BCUT2D eigenvalue weighted by molar-refractivity contribution is 5.90. The first-order valence-electron chi connectivity index (χ1n) is 9.18. The van der Waals surface area contributed by atoms with E-state index in [-0.39, 0.29) is 6.03 Å². The minimum atomic E-state index is -0.0311. The van der Waals surface area contributed by atoms with Crippen molar-refractivity contribution in [1.29, 1.82) is 0 Å². The lowest BCUT2D eigenvalue weighted by atomic mass is 10.1. The third-order valence-corrected chi connectivity index (χ3v) is 4.71. The lowest BCUT2D eigenvalue weighted by Gasteiger charge is -2.36. The van der Waals surface area contributed by atoms with E-state index in [1.165, 1.54) is 0 Å². The van der Waals surface area contributed by atoms with Crippen LogP contribution in [0.2, 0.25) is 0 Å². The first kappa shape index (κ1) is 18.1. The number of nitrogens with one attached hydrogen (secondary N) is 1. The van der Waals surface area contributed by atoms with Crippen molar-refractivity contribution in [3.8, 4) is 5.75 Å². The average Bonchev–Trinajstić information content (AvgIpc) is 2.65. The molecule has 26 heavy (non-hydrogen) atoms. The number of carbonyl (C=O) groups excluding carboxylic acids is 1. The van der Waals surface area contributed by atoms with E-state index < -0.39 is 0 Å². The standard InChI is InChI=1S/C21H27N3O2/c1-4-26-20-8-6-5-7-19(20)23-11-13-24(14-12-23)21(25)22-18-15-16(2)9-10-17(18)3/h5-10,15H,4,11-14H2,1-3H3,(H,22,25). The third-order valence-electron chi connectivity index (χ3n) is 4.71. The minimum Gasteiger partial charge on any atom is -0.492 e. The Morgan fingerprint density at radius 1 is 1.08 bits per heavy atom. The molecule has 0 unspecified atom stereocenters. The lowest BCUT2D eigenvalue weighted by molar-refractivity contribution is 0.208. The van der Waals surface area contributed by atoms with E-state index in [0.717, 1.165) is 41.3 Å². The van der Waals surface area contributed by atoms with Crippen molar-refractivity contribution in [1.82, 2.24) is 4.90 Å². The Balaban J connectivity index is 1.61. The zero-order valence-electron chi connectivity index (χ0n) is 15.8. The van der Waals surface area contributed by atoms with Gasteiger partial charge in [0.2, 0.25) is 0 Å². The monoisotopic (exact) mass is 353 g/mol. The van der Waals surface area contributed by atoms with Crippen LogP contribution in [-0.4, -0.2) is 43.7 Å². The smallest absolute Gasteiger partial charge is 0.321 e. The van der Waals surface area contributed by atoms with E-state index in [1.54, 1.807) is 0 Å². The van der Waals surface area contributed by atoms with Crippen molar-refractivity contribution >= 4 is 17.4 Å². The lowest BCUT2D eigenvalue weighted by Crippen LogP contribution is -2.50. The number of piperazine rings is 1. The summed E-state index contributed by atoms with van der Waals surface area (Å²) < 4.78 is 5.73. The number of rotatable bonds is 4. The summed E-state index contributed by atoms with van der Waals surface area (Å²) in [7, 11) is 0. The molecule has 1 heterocycles. The predicted octanol–water partition coefficient (Wildman–Crippen LogP) is 4.06. The van der Waals surface area contributed by atoms with Gasteiger partial charge in [0.25, 0.3) is 0 Å². The second-order valence-electron chi connectivity index (χ2n) is 6.62. The minimum absolute atomic E-state index is 0.0311. The van der Waals surface area contributed by atoms with Crippen LogP contribution in [0.15, 0.2) is 42.5 Å². The van der Waals surface area contributed by atoms with Crippen LogP contribution in [0, 0.1) is 13.8 Å². The summed E-state index contributed by atoms with van der Waals surface area (Å²) in [6.07, 6.45) is 0. The van der Waals surface area contributed by atoms with Gasteiger partial charge in [-0.15, -0.1) is 0 Å². The van der Waals surface area contributed by atoms with Gasteiger partial charge in [0.15, 0.2) is 0 Å². The molecule has 0 aromatic heterocycles. The second kappa shape index (κ2) is 8.13. The number of aryl methyl sites for hydroxylation is 2. The number of hydrogen-bond acceptors (Lipinski definition) is 3. The Morgan fingerprint density at radius 3 is 2.54 bits per heavy atom. The molecule has 0 aliphatic carbocycles. The summed E-state index contributed by atoms with van der Waals surface area (Å²) in [5, 5.41) is 3.05. The highest BCUT2D eigenvalue weighted by atomic mass is 16.5. The van der Waals surface area contributed by atoms with Crippen LogP contribution in [0.4, 0.5) is 16.2 Å². The number of amides is 2. The number of para-hydroxylation sites is 2. The summed E-state index contributed by atoms with van der Waals surface area (Å²) in [6, 6.07) is 14.2. The van der Waals surface area contributed by atoms with Gasteiger partial charge in [-0.1, -0.05) is 24.3 Å². The molecule has 5 nitrogen and oxygen atoms in total. The maximum atomic E-state index is 12.6. The third kappa shape index (κ3) is 4.10. The van der Waals surface area contributed by atoms with Crippen LogP contribution in [0.5, 0.6) is 5.75 Å². The van der Waals surface area contributed by atoms with Crippen LogP contribution < -0.4 is 15.0 Å². The van der Waals surface area contributed by atoms with Gasteiger partial charge in [-0.2, -0.15) is 0 Å². The summed E-state index contributed by atoms with van der Waals surface area (Å²) in [5.41, 5.74) is 4.21. The zero-order chi connectivity index (χ0) is 18.5. The highest BCUT2D eigenvalue weighted by Gasteiger charge is 2.23. The van der Waals surface area contributed by atoms with Gasteiger partial charge in [-0.25, -0.2) is 4.79 Å². The predicted molar refractivity (Wildman–Crippen MR) is 106 cm³/mol. The molecule has 0 atom stereocenters. The average molecular weight is 353 g/mol. The van der Waals surface area contributed by atoms with E-state index in [2.05, 4.69) is 22.3 Å². The van der Waals surface area contributed by atoms with E-state index in [4.69, 9.17) is 4.74 Å². The molecule has 0 radical (unpaired) electrons. The van der Waals surface area contributed by atoms with Gasteiger partial charge in [0, 0.05) is 31.9 Å². The maximum Gasteiger partial charge on any atom is 0.321 e. The van der Waals surface area contributed by atoms with Gasteiger partial charge in [-0.05, 0) is 50.1 Å². The van der Waals surface area contributed by atoms with E-state index >= 15 is 0 Å². The number of ether oxygens (including phenoxy) is 1. The molecule has 2 aromatic carbocycles. The number of urea groups is 1. The Bertz CT molecular complexity index is 768. The molecule has 0 spiro atoms. The number of carbonyl (C=O) groups is 1. The highest BCUT2D eigenvalue weighted by Crippen LogP contribution is 2.29. The molecule has 1 aliphatic heterocycles. The van der Waals surface area contributed by atoms with Gasteiger partial charge in [0.05, 0.1) is 12.3 Å². The Kier molecular flexibility index (Phi) is 5.66. The molecular weight excluding hydrogens is 326 g/mol. The van der Waals surface area contributed by atoms with E-state index in [1.807, 2.05) is 56.0 Å². The summed E-state index contributed by atoms with van der Waals surface area (Å²) in [4.78, 5) is 16.8. The largest absolute Gasteiger partial charge is 0.492 e. The molecule has 0 saturated carbocycles. The van der Waals surface area contributed by atoms with Crippen molar-refractivity contribution in [2.75, 3.05) is 43.0 Å². The zero-order valence-corrected chi connectivity index (χ0v) is 15.8. The normalized spacial score (nSPS) is 14.3. The molecule has 1 fully saturated rings. The van der Waals surface area contributed by atoms with Gasteiger partial charge in [0.1, 0.15) is 5.75 Å². The molecule has 1 N–H and O–H groups in total. The number of hydrogen-bond donors (Lipinski definition) is 1. The molecule has 138 valence electrons. The maximum absolute atomic E-state index is 12.6. The number of benzene rings is 2. The molecule has 3 rings (SSSR count). The fourth-order valence-corrected chi connectivity index (χ4v) is 3.21. The van der Waals surface area contributed by atoms with Crippen molar-refractivity contribution < 1.29 is 9.53 Å². The van der Waals surface area contributed by atoms with Crippen LogP contribution in [-0.2, 0) is 0 Å². The van der Waals surface area contributed by atoms with Crippen molar-refractivity contribution in [3.05, 3.63) is 53.6 Å². The second-order valence-corrected chi connectivity index (χ2v) is 6.62. The van der Waals surface area contributed by atoms with E-state index in [9.17, 15) is 4.79 Å². The molecule has 1 saturated heterocycles. The topological polar surface area (TPSA) is 44.8 Å². The quantitative estimate of drug-likeness (QED) is 0.902. The molecule has 2 aromatic rings. The fraction of sp³-hybridized carbons (Fsp3) is 0.381. The Morgan fingerprint density at radius 2 is 1.81 bits per heavy atom. The Hall–Kier alpha value is -2.69. The van der Waals surface area contributed by atoms with Gasteiger partial charge in [-0.3, -0.25) is 0 Å². The van der Waals surface area contributed by atoms with Crippen molar-refractivity contribution in [2.24, 2.45) is 0 Å². The fourth-order valence-electron chi connectivity index (χ4n) is 3.21. The van der Waals surface area contributed by atoms with Gasteiger partial charge >= 0.3 is 6.03 Å². The van der Waals surface area contributed by atoms with Crippen molar-refractivity contribution in [2.45, 2.75) is 20.8 Å². The number of nitrogens with zero attached hydrogens (tertiary/aromatic N) is 2. The first-order chi connectivity index (χ1) is 12.6. The number of anilines is 2. The van der Waals surface area contributed by atoms with E-state index in [0.29, 0.717) is 19.7 Å². The summed E-state index contributed by atoms with van der Waals surface area (Å²) in [5.74, 6) is 0.906. The molecule has 0 bridgehead atoms. The molecule has 5 heteroatoms. The van der Waals surface area contributed by atoms with Gasteiger partial charge < -0.3 is 19.9 Å². The SMILES string of the molecule is CCOc1ccccc1N1CCN(C(=O)Nc2cc(C)ccc2C)CC1. The molecule has 1 aliphatic rings.